The fourth-order valence-corrected chi connectivity index (χ4v) is 2.89. The Kier molecular flexibility index (Phi) is 11.4. The Hall–Kier alpha value is -2.16. The van der Waals surface area contributed by atoms with Crippen LogP contribution in [0.3, 0.4) is 0 Å². The second-order valence-electron chi connectivity index (χ2n) is 7.16. The minimum absolute atomic E-state index is 0. The van der Waals surface area contributed by atoms with E-state index < -0.39 is 0 Å². The van der Waals surface area contributed by atoms with Gasteiger partial charge in [0.2, 0.25) is 0 Å². The first kappa shape index (κ1) is 25.9. The largest absolute Gasteiger partial charge is 0.356 e. The van der Waals surface area contributed by atoms with E-state index in [2.05, 4.69) is 20.9 Å². The lowest BCUT2D eigenvalue weighted by Gasteiger charge is -2.14. The van der Waals surface area contributed by atoms with Gasteiger partial charge in [0.15, 0.2) is 5.96 Å². The van der Waals surface area contributed by atoms with Gasteiger partial charge >= 0.3 is 0 Å². The summed E-state index contributed by atoms with van der Waals surface area (Å²) in [4.78, 5) is 16.5. The van der Waals surface area contributed by atoms with Gasteiger partial charge in [-0.05, 0) is 67.6 Å². The minimum Gasteiger partial charge on any atom is -0.356 e. The Morgan fingerprint density at radius 1 is 1.17 bits per heavy atom. The third-order valence-corrected chi connectivity index (χ3v) is 4.85. The van der Waals surface area contributed by atoms with Crippen LogP contribution in [-0.2, 0) is 13.0 Å². The zero-order valence-electron chi connectivity index (χ0n) is 18.1. The predicted octanol–water partition coefficient (Wildman–Crippen LogP) is 4.19. The van der Waals surface area contributed by atoms with E-state index >= 15 is 0 Å². The fourth-order valence-electron chi connectivity index (χ4n) is 2.89. The molecule has 2 aromatic carbocycles. The molecule has 0 fully saturated rings. The average molecular weight is 526 g/mol. The van der Waals surface area contributed by atoms with Crippen LogP contribution in [0.1, 0.15) is 47.3 Å². The molecule has 0 aliphatic carbocycles. The number of aryl methyl sites for hydroxylation is 1. The molecule has 0 bridgehead atoms. The van der Waals surface area contributed by atoms with E-state index in [9.17, 15) is 9.18 Å². The Morgan fingerprint density at radius 2 is 1.93 bits per heavy atom. The van der Waals surface area contributed by atoms with Crippen LogP contribution in [0.25, 0.3) is 0 Å². The summed E-state index contributed by atoms with van der Waals surface area (Å²) >= 11 is 0. The first-order valence-corrected chi connectivity index (χ1v) is 10.0. The maximum atomic E-state index is 13.2. The standard InChI is InChI=1S/C23H31FN4O.HI/c1-5-17(3)28-22(29)20-8-6-7-18(14-20)15-27-23(25-4)26-12-11-19-9-10-21(24)13-16(19)2;/h6-10,13-14,17H,5,11-12,15H2,1-4H3,(H,28,29)(H2,25,26,27);1H. The number of guanidine groups is 1. The molecule has 164 valence electrons. The number of hydrogen-bond acceptors (Lipinski definition) is 2. The number of carbonyl (C=O) groups is 1. The van der Waals surface area contributed by atoms with Crippen molar-refractivity contribution in [3.05, 3.63) is 70.5 Å². The van der Waals surface area contributed by atoms with E-state index in [1.807, 2.05) is 51.1 Å². The molecule has 5 nitrogen and oxygen atoms in total. The van der Waals surface area contributed by atoms with E-state index in [1.54, 1.807) is 13.1 Å². The number of carbonyl (C=O) groups excluding carboxylic acids is 1. The average Bonchev–Trinajstić information content (AvgIpc) is 2.72. The molecule has 7 heteroatoms. The number of aliphatic imine (C=N–C) groups is 1. The molecule has 0 saturated carbocycles. The molecule has 0 aliphatic heterocycles. The summed E-state index contributed by atoms with van der Waals surface area (Å²) in [7, 11) is 1.72. The van der Waals surface area contributed by atoms with Gasteiger partial charge in [-0.2, -0.15) is 0 Å². The Balaban J connectivity index is 0.00000450. The molecule has 2 aromatic rings. The number of nitrogens with zero attached hydrogens (tertiary/aromatic N) is 1. The first-order valence-electron chi connectivity index (χ1n) is 10.0. The zero-order valence-corrected chi connectivity index (χ0v) is 20.4. The van der Waals surface area contributed by atoms with Crippen LogP contribution < -0.4 is 16.0 Å². The van der Waals surface area contributed by atoms with E-state index in [-0.39, 0.29) is 41.7 Å². The van der Waals surface area contributed by atoms with Gasteiger partial charge in [-0.3, -0.25) is 9.79 Å². The molecule has 0 aliphatic rings. The van der Waals surface area contributed by atoms with E-state index in [0.29, 0.717) is 24.6 Å². The summed E-state index contributed by atoms with van der Waals surface area (Å²) in [5.41, 5.74) is 3.70. The summed E-state index contributed by atoms with van der Waals surface area (Å²) in [6.07, 6.45) is 1.67. The minimum atomic E-state index is -0.211. The van der Waals surface area contributed by atoms with Gasteiger partial charge in [0.1, 0.15) is 5.82 Å². The second kappa shape index (κ2) is 13.2. The molecule has 0 radical (unpaired) electrons. The number of halogens is 2. The Labute approximate surface area is 196 Å². The molecular weight excluding hydrogens is 494 g/mol. The molecule has 30 heavy (non-hydrogen) atoms. The maximum Gasteiger partial charge on any atom is 0.251 e. The van der Waals surface area contributed by atoms with E-state index in [1.165, 1.54) is 6.07 Å². The normalized spacial score (nSPS) is 12.0. The lowest BCUT2D eigenvalue weighted by atomic mass is 10.1. The highest BCUT2D eigenvalue weighted by molar-refractivity contribution is 14.0. The van der Waals surface area contributed by atoms with Crippen molar-refractivity contribution >= 4 is 35.8 Å². The van der Waals surface area contributed by atoms with Crippen LogP contribution in [0.5, 0.6) is 0 Å². The predicted molar refractivity (Wildman–Crippen MR) is 132 cm³/mol. The number of hydrogen-bond donors (Lipinski definition) is 3. The monoisotopic (exact) mass is 526 g/mol. The molecule has 0 heterocycles. The van der Waals surface area contributed by atoms with Crippen molar-refractivity contribution in [2.75, 3.05) is 13.6 Å². The van der Waals surface area contributed by atoms with Crippen molar-refractivity contribution in [1.82, 2.24) is 16.0 Å². The molecular formula is C23H32FIN4O. The lowest BCUT2D eigenvalue weighted by molar-refractivity contribution is 0.0939. The summed E-state index contributed by atoms with van der Waals surface area (Å²) in [6, 6.07) is 12.6. The SMILES string of the molecule is CCC(C)NC(=O)c1cccc(CNC(=NC)NCCc2ccc(F)cc2C)c1.I. The van der Waals surface area contributed by atoms with Crippen molar-refractivity contribution in [1.29, 1.82) is 0 Å². The number of amides is 1. The fraction of sp³-hybridized carbons (Fsp3) is 0.391. The van der Waals surface area contributed by atoms with Gasteiger partial charge in [-0.25, -0.2) is 4.39 Å². The third kappa shape index (κ3) is 8.30. The first-order chi connectivity index (χ1) is 13.9. The van der Waals surface area contributed by atoms with Gasteiger partial charge in [-0.15, -0.1) is 24.0 Å². The molecule has 1 amide bonds. The highest BCUT2D eigenvalue weighted by Crippen LogP contribution is 2.10. The van der Waals surface area contributed by atoms with Crippen LogP contribution in [0.4, 0.5) is 4.39 Å². The Morgan fingerprint density at radius 3 is 2.60 bits per heavy atom. The highest BCUT2D eigenvalue weighted by atomic mass is 127. The lowest BCUT2D eigenvalue weighted by Crippen LogP contribution is -2.38. The van der Waals surface area contributed by atoms with Gasteiger partial charge in [0, 0.05) is 31.7 Å². The van der Waals surface area contributed by atoms with Crippen LogP contribution in [0, 0.1) is 12.7 Å². The molecule has 0 saturated heterocycles. The number of nitrogens with one attached hydrogen (secondary N) is 3. The third-order valence-electron chi connectivity index (χ3n) is 4.85. The van der Waals surface area contributed by atoms with Crippen molar-refractivity contribution in [3.8, 4) is 0 Å². The van der Waals surface area contributed by atoms with Crippen molar-refractivity contribution in [3.63, 3.8) is 0 Å². The van der Waals surface area contributed by atoms with Gasteiger partial charge in [-0.1, -0.05) is 25.1 Å². The summed E-state index contributed by atoms with van der Waals surface area (Å²) in [5.74, 6) is 0.411. The van der Waals surface area contributed by atoms with Crippen molar-refractivity contribution in [2.24, 2.45) is 4.99 Å². The molecule has 0 spiro atoms. The van der Waals surface area contributed by atoms with Gasteiger partial charge in [0.25, 0.3) is 5.91 Å². The van der Waals surface area contributed by atoms with Crippen LogP contribution in [-0.4, -0.2) is 31.5 Å². The highest BCUT2D eigenvalue weighted by Gasteiger charge is 2.09. The smallest absolute Gasteiger partial charge is 0.251 e. The van der Waals surface area contributed by atoms with E-state index in [4.69, 9.17) is 0 Å². The molecule has 1 unspecified atom stereocenters. The number of rotatable bonds is 8. The molecule has 2 rings (SSSR count). The molecule has 3 N–H and O–H groups in total. The quantitative estimate of drug-likeness (QED) is 0.275. The Bertz CT molecular complexity index is 857. The summed E-state index contributed by atoms with van der Waals surface area (Å²) < 4.78 is 13.2. The van der Waals surface area contributed by atoms with Crippen LogP contribution in [0.2, 0.25) is 0 Å². The van der Waals surface area contributed by atoms with Gasteiger partial charge in [0.05, 0.1) is 0 Å². The summed E-state index contributed by atoms with van der Waals surface area (Å²) in [5, 5.41) is 9.51. The zero-order chi connectivity index (χ0) is 21.2. The number of benzene rings is 2. The maximum absolute atomic E-state index is 13.2. The van der Waals surface area contributed by atoms with E-state index in [0.717, 1.165) is 29.5 Å². The van der Waals surface area contributed by atoms with Crippen LogP contribution in [0.15, 0.2) is 47.5 Å². The van der Waals surface area contributed by atoms with Crippen LogP contribution >= 0.6 is 24.0 Å². The van der Waals surface area contributed by atoms with Crippen molar-refractivity contribution in [2.45, 2.75) is 46.2 Å². The van der Waals surface area contributed by atoms with Crippen molar-refractivity contribution < 1.29 is 9.18 Å². The molecule has 0 aromatic heterocycles. The second-order valence-corrected chi connectivity index (χ2v) is 7.16. The molecule has 1 atom stereocenters. The topological polar surface area (TPSA) is 65.5 Å². The summed E-state index contributed by atoms with van der Waals surface area (Å²) in [6.45, 7) is 7.19. The van der Waals surface area contributed by atoms with Gasteiger partial charge < -0.3 is 16.0 Å².